The van der Waals surface area contributed by atoms with Gasteiger partial charge in [0.25, 0.3) is 0 Å². The Morgan fingerprint density at radius 2 is 1.77 bits per heavy atom. The topological polar surface area (TPSA) is 157 Å². The van der Waals surface area contributed by atoms with Crippen molar-refractivity contribution in [2.75, 3.05) is 20.3 Å². The molecule has 1 aliphatic heterocycles. The Labute approximate surface area is 134 Å². The van der Waals surface area contributed by atoms with E-state index in [-0.39, 0.29) is 22.8 Å². The van der Waals surface area contributed by atoms with Crippen molar-refractivity contribution in [3.8, 4) is 0 Å². The van der Waals surface area contributed by atoms with E-state index in [2.05, 4.69) is 4.74 Å². The molecule has 2 rings (SSSR count). The van der Waals surface area contributed by atoms with Gasteiger partial charge in [-0.25, -0.2) is 4.79 Å². The van der Waals surface area contributed by atoms with Gasteiger partial charge in [-0.2, -0.15) is 0 Å². The second-order valence-electron chi connectivity index (χ2n) is 4.32. The van der Waals surface area contributed by atoms with Crippen molar-refractivity contribution in [3.63, 3.8) is 0 Å². The van der Waals surface area contributed by atoms with E-state index in [1.54, 1.807) is 12.1 Å². The normalized spacial score (nSPS) is 13.9. The number of methoxy groups -OCH3 is 1. The number of esters is 1. The van der Waals surface area contributed by atoms with E-state index >= 15 is 0 Å². The molecule has 0 saturated carbocycles. The van der Waals surface area contributed by atoms with Gasteiger partial charge < -0.3 is 26.6 Å². The monoisotopic (exact) mass is 332 g/mol. The van der Waals surface area contributed by atoms with Gasteiger partial charge in [-0.15, -0.1) is 11.8 Å². The Morgan fingerprint density at radius 3 is 2.27 bits per heavy atom. The molecule has 1 aliphatic rings. The van der Waals surface area contributed by atoms with E-state index in [4.69, 9.17) is 10.1 Å². The number of rotatable bonds is 4. The molecule has 1 saturated heterocycles. The molecule has 0 amide bonds. The number of carbonyl (C=O) groups excluding carboxylic acids is 1. The van der Waals surface area contributed by atoms with Crippen LogP contribution >= 0.6 is 11.8 Å². The lowest BCUT2D eigenvalue weighted by Gasteiger charge is -2.21. The molecule has 7 nitrogen and oxygen atoms in total. The van der Waals surface area contributed by atoms with Crippen LogP contribution in [0.5, 0.6) is 0 Å². The maximum absolute atomic E-state index is 11.2. The van der Waals surface area contributed by atoms with E-state index in [0.29, 0.717) is 10.8 Å². The summed E-state index contributed by atoms with van der Waals surface area (Å²) in [5.41, 5.74) is 0.480. The van der Waals surface area contributed by atoms with Gasteiger partial charge in [0.15, 0.2) is 0 Å². The van der Waals surface area contributed by atoms with E-state index in [1.807, 2.05) is 23.9 Å². The fraction of sp³-hybridized carbons (Fsp3) is 0.429. The molecule has 0 bridgehead atoms. The van der Waals surface area contributed by atoms with Crippen LogP contribution in [0.1, 0.15) is 18.4 Å². The predicted octanol–water partition coefficient (Wildman–Crippen LogP) is 1.01. The van der Waals surface area contributed by atoms with Crippen LogP contribution in [0.15, 0.2) is 29.2 Å². The summed E-state index contributed by atoms with van der Waals surface area (Å²) >= 11 is 1.83. The number of carbonyl (C=O) groups is 1. The number of nitrogens with one attached hydrogen (secondary N) is 1. The van der Waals surface area contributed by atoms with Crippen molar-refractivity contribution < 1.29 is 25.2 Å². The summed E-state index contributed by atoms with van der Waals surface area (Å²) in [5, 5.41) is 8.26. The first-order valence-corrected chi connectivity index (χ1v) is 7.10. The Bertz CT molecular complexity index is 461. The van der Waals surface area contributed by atoms with Crippen molar-refractivity contribution in [2.45, 2.75) is 23.0 Å². The maximum atomic E-state index is 11.2. The number of hydrogen-bond donors (Lipinski definition) is 2. The fourth-order valence-electron chi connectivity index (χ4n) is 1.91. The highest BCUT2D eigenvalue weighted by atomic mass is 32.2. The van der Waals surface area contributed by atoms with Crippen LogP contribution < -0.4 is 6.15 Å². The van der Waals surface area contributed by atoms with Crippen LogP contribution in [0.25, 0.3) is 0 Å². The van der Waals surface area contributed by atoms with Gasteiger partial charge in [-0.05, 0) is 25.0 Å². The summed E-state index contributed by atoms with van der Waals surface area (Å²) in [7, 11) is 1.28. The van der Waals surface area contributed by atoms with E-state index in [9.17, 15) is 4.79 Å². The first-order valence-electron chi connectivity index (χ1n) is 6.22. The van der Waals surface area contributed by atoms with Crippen molar-refractivity contribution in [3.05, 3.63) is 29.8 Å². The minimum Gasteiger partial charge on any atom is -0.464 e. The lowest BCUT2D eigenvalue weighted by molar-refractivity contribution is -0.132. The molecule has 0 aromatic heterocycles. The minimum absolute atomic E-state index is 0. The van der Waals surface area contributed by atoms with Gasteiger partial charge in [-0.1, -0.05) is 12.1 Å². The Hall–Kier alpha value is -1.45. The molecule has 1 aromatic carbocycles. The summed E-state index contributed by atoms with van der Waals surface area (Å²) in [5.74, 6) is -0.607. The zero-order valence-electron chi connectivity index (χ0n) is 12.6. The van der Waals surface area contributed by atoms with Crippen LogP contribution in [-0.2, 0) is 14.3 Å². The minimum atomic E-state index is -0.607. The molecule has 1 fully saturated rings. The first kappa shape index (κ1) is 22.8. The molecule has 1 aromatic rings. The zero-order chi connectivity index (χ0) is 13.7. The number of thioether (sulfide) groups is 1. The largest absolute Gasteiger partial charge is 0.464 e. The van der Waals surface area contributed by atoms with Crippen molar-refractivity contribution in [1.29, 1.82) is 5.41 Å². The summed E-state index contributed by atoms with van der Waals surface area (Å²) in [6, 6.07) is 7.49. The van der Waals surface area contributed by atoms with Gasteiger partial charge in [0.2, 0.25) is 0 Å². The summed E-state index contributed by atoms with van der Waals surface area (Å²) in [6.45, 7) is 1.67. The Morgan fingerprint density at radius 1 is 1.23 bits per heavy atom. The highest BCUT2D eigenvalue weighted by Crippen LogP contribution is 2.29. The van der Waals surface area contributed by atoms with E-state index in [1.165, 1.54) is 7.11 Å². The van der Waals surface area contributed by atoms with Crippen LogP contribution in [0.2, 0.25) is 0 Å². The first-order chi connectivity index (χ1) is 9.20. The molecule has 8 N–H and O–H groups in total. The SMILES string of the molecule is COC(=O)C(=N)c1ccc(SC2CCOCC2)cc1.N.O.O. The van der Waals surface area contributed by atoms with E-state index in [0.717, 1.165) is 31.0 Å². The molecule has 8 heteroatoms. The highest BCUT2D eigenvalue weighted by molar-refractivity contribution is 8.00. The molecule has 0 atom stereocenters. The van der Waals surface area contributed by atoms with Gasteiger partial charge in [0, 0.05) is 28.9 Å². The Kier molecular flexibility index (Phi) is 11.6. The van der Waals surface area contributed by atoms with Gasteiger partial charge in [-0.3, -0.25) is 5.41 Å². The van der Waals surface area contributed by atoms with Crippen LogP contribution in [0, 0.1) is 5.41 Å². The average Bonchev–Trinajstić information content (AvgIpc) is 2.47. The van der Waals surface area contributed by atoms with Crippen molar-refractivity contribution >= 4 is 23.4 Å². The van der Waals surface area contributed by atoms with Gasteiger partial charge in [0.05, 0.1) is 7.11 Å². The van der Waals surface area contributed by atoms with Crippen LogP contribution in [-0.4, -0.2) is 48.2 Å². The molecule has 22 heavy (non-hydrogen) atoms. The second kappa shape index (κ2) is 11.2. The van der Waals surface area contributed by atoms with Crippen molar-refractivity contribution in [1.82, 2.24) is 6.15 Å². The van der Waals surface area contributed by atoms with Gasteiger partial charge in [0.1, 0.15) is 5.71 Å². The molecule has 0 spiro atoms. The number of ether oxygens (including phenoxy) is 2. The molecule has 0 radical (unpaired) electrons. The van der Waals surface area contributed by atoms with E-state index < -0.39 is 5.97 Å². The quantitative estimate of drug-likeness (QED) is 0.621. The third-order valence-corrected chi connectivity index (χ3v) is 4.35. The third-order valence-electron chi connectivity index (χ3n) is 3.00. The lowest BCUT2D eigenvalue weighted by Crippen LogP contribution is -2.17. The summed E-state index contributed by atoms with van der Waals surface area (Å²) in [4.78, 5) is 12.4. The summed E-state index contributed by atoms with van der Waals surface area (Å²) < 4.78 is 9.87. The molecule has 126 valence electrons. The molecule has 0 aliphatic carbocycles. The molecule has 0 unspecified atom stereocenters. The average molecular weight is 332 g/mol. The highest BCUT2D eigenvalue weighted by Gasteiger charge is 2.16. The standard InChI is InChI=1S/C14H17NO3S.H3N.2H2O/c1-17-14(16)13(15)10-2-4-11(5-3-10)19-12-6-8-18-9-7-12;;;/h2-5,12,15H,6-9H2,1H3;1H3;2*1H2. The predicted molar refractivity (Wildman–Crippen MR) is 87.2 cm³/mol. The number of benzene rings is 1. The van der Waals surface area contributed by atoms with Crippen molar-refractivity contribution in [2.24, 2.45) is 0 Å². The van der Waals surface area contributed by atoms with Gasteiger partial charge >= 0.3 is 5.97 Å². The number of hydrogen-bond acceptors (Lipinski definition) is 6. The fourth-order valence-corrected chi connectivity index (χ4v) is 3.01. The lowest BCUT2D eigenvalue weighted by atomic mass is 10.1. The Balaban J connectivity index is 0. The third kappa shape index (κ3) is 6.12. The zero-order valence-corrected chi connectivity index (χ0v) is 13.4. The maximum Gasteiger partial charge on any atom is 0.356 e. The smallest absolute Gasteiger partial charge is 0.356 e. The van der Waals surface area contributed by atoms with Crippen LogP contribution in [0.3, 0.4) is 0 Å². The summed E-state index contributed by atoms with van der Waals surface area (Å²) in [6.07, 6.45) is 2.15. The second-order valence-corrected chi connectivity index (χ2v) is 5.69. The molecular formula is C14H24N2O5S. The molecule has 1 heterocycles. The van der Waals surface area contributed by atoms with Crippen LogP contribution in [0.4, 0.5) is 0 Å². The molecular weight excluding hydrogens is 308 g/mol.